The van der Waals surface area contributed by atoms with Crippen LogP contribution in [0.2, 0.25) is 0 Å². The molecule has 2 N–H and O–H groups in total. The molecule has 0 radical (unpaired) electrons. The average Bonchev–Trinajstić information content (AvgIpc) is 2.49. The summed E-state index contributed by atoms with van der Waals surface area (Å²) in [5.41, 5.74) is 0.629. The van der Waals surface area contributed by atoms with Gasteiger partial charge < -0.3 is 20.1 Å². The van der Waals surface area contributed by atoms with Crippen molar-refractivity contribution in [3.05, 3.63) is 18.2 Å². The number of hydrogen-bond donors (Lipinski definition) is 2. The van der Waals surface area contributed by atoms with Gasteiger partial charge in [-0.2, -0.15) is 0 Å². The van der Waals surface area contributed by atoms with E-state index in [0.717, 1.165) is 19.6 Å². The number of carbonyl (C=O) groups excluding carboxylic acids is 1. The molecule has 0 bridgehead atoms. The Bertz CT molecular complexity index is 499. The van der Waals surface area contributed by atoms with Gasteiger partial charge in [-0.15, -0.1) is 12.4 Å². The predicted molar refractivity (Wildman–Crippen MR) is 89.3 cm³/mol. The summed E-state index contributed by atoms with van der Waals surface area (Å²) in [6.07, 6.45) is 0. The molecule has 0 spiro atoms. The van der Waals surface area contributed by atoms with Gasteiger partial charge in [-0.05, 0) is 19.1 Å². The van der Waals surface area contributed by atoms with Gasteiger partial charge in [-0.25, -0.2) is 0 Å². The second-order valence-corrected chi connectivity index (χ2v) is 5.14. The first-order valence-corrected chi connectivity index (χ1v) is 7.10. The van der Waals surface area contributed by atoms with E-state index in [2.05, 4.69) is 22.5 Å². The molecule has 2 rings (SSSR count). The molecule has 1 aliphatic heterocycles. The minimum absolute atomic E-state index is 0. The van der Waals surface area contributed by atoms with Crippen molar-refractivity contribution in [2.75, 3.05) is 45.7 Å². The van der Waals surface area contributed by atoms with E-state index in [0.29, 0.717) is 29.8 Å². The smallest absolute Gasteiger partial charge is 0.238 e. The van der Waals surface area contributed by atoms with Gasteiger partial charge in [-0.3, -0.25) is 9.69 Å². The molecule has 1 fully saturated rings. The molecule has 0 aliphatic carbocycles. The fourth-order valence-electron chi connectivity index (χ4n) is 2.40. The highest BCUT2D eigenvalue weighted by Gasteiger charge is 2.20. The summed E-state index contributed by atoms with van der Waals surface area (Å²) < 4.78 is 10.4. The molecule has 6 nitrogen and oxygen atoms in total. The maximum atomic E-state index is 12.2. The number of benzene rings is 1. The number of anilines is 1. The fourth-order valence-corrected chi connectivity index (χ4v) is 2.40. The summed E-state index contributed by atoms with van der Waals surface area (Å²) in [6, 6.07) is 5.70. The van der Waals surface area contributed by atoms with E-state index in [1.807, 2.05) is 0 Å². The number of hydrogen-bond acceptors (Lipinski definition) is 5. The summed E-state index contributed by atoms with van der Waals surface area (Å²) in [6.45, 7) is 5.20. The quantitative estimate of drug-likeness (QED) is 0.854. The monoisotopic (exact) mass is 329 g/mol. The summed E-state index contributed by atoms with van der Waals surface area (Å²) in [5, 5.41) is 6.21. The SMILES string of the molecule is COc1ccc(OC)c(NC(=O)CN2CCNC[C@H]2C)c1.Cl. The molecule has 1 amide bonds. The number of nitrogens with one attached hydrogen (secondary N) is 2. The lowest BCUT2D eigenvalue weighted by Gasteiger charge is -2.33. The molecule has 1 saturated heterocycles. The number of rotatable bonds is 5. The Hall–Kier alpha value is -1.50. The van der Waals surface area contributed by atoms with Crippen molar-refractivity contribution in [1.29, 1.82) is 0 Å². The molecule has 22 heavy (non-hydrogen) atoms. The Morgan fingerprint density at radius 3 is 2.82 bits per heavy atom. The van der Waals surface area contributed by atoms with Gasteiger partial charge in [0.25, 0.3) is 0 Å². The van der Waals surface area contributed by atoms with Crippen LogP contribution >= 0.6 is 12.4 Å². The van der Waals surface area contributed by atoms with Gasteiger partial charge in [0.1, 0.15) is 11.5 Å². The minimum Gasteiger partial charge on any atom is -0.497 e. The van der Waals surface area contributed by atoms with Crippen molar-refractivity contribution in [3.63, 3.8) is 0 Å². The van der Waals surface area contributed by atoms with Crippen molar-refractivity contribution in [2.24, 2.45) is 0 Å². The van der Waals surface area contributed by atoms with E-state index in [1.165, 1.54) is 0 Å². The van der Waals surface area contributed by atoms with Crippen LogP contribution in [0.4, 0.5) is 5.69 Å². The molecule has 0 unspecified atom stereocenters. The third-order valence-electron chi connectivity index (χ3n) is 3.67. The van der Waals surface area contributed by atoms with E-state index in [9.17, 15) is 4.79 Å². The molecular formula is C15H24ClN3O3. The minimum atomic E-state index is -0.0460. The molecule has 7 heteroatoms. The van der Waals surface area contributed by atoms with Crippen LogP contribution in [0, 0.1) is 0 Å². The molecule has 1 aromatic rings. The highest BCUT2D eigenvalue weighted by Crippen LogP contribution is 2.28. The van der Waals surface area contributed by atoms with Crippen molar-refractivity contribution in [3.8, 4) is 11.5 Å². The average molecular weight is 330 g/mol. The largest absolute Gasteiger partial charge is 0.497 e. The summed E-state index contributed by atoms with van der Waals surface area (Å²) in [5.74, 6) is 1.26. The lowest BCUT2D eigenvalue weighted by Crippen LogP contribution is -2.51. The number of methoxy groups -OCH3 is 2. The Balaban J connectivity index is 0.00000242. The van der Waals surface area contributed by atoms with Gasteiger partial charge in [0, 0.05) is 31.7 Å². The van der Waals surface area contributed by atoms with Crippen LogP contribution in [0.1, 0.15) is 6.92 Å². The Kier molecular flexibility index (Phi) is 7.44. The van der Waals surface area contributed by atoms with E-state index in [4.69, 9.17) is 9.47 Å². The summed E-state index contributed by atoms with van der Waals surface area (Å²) >= 11 is 0. The Morgan fingerprint density at radius 1 is 1.41 bits per heavy atom. The molecule has 1 heterocycles. The fraction of sp³-hybridized carbons (Fsp3) is 0.533. The van der Waals surface area contributed by atoms with E-state index < -0.39 is 0 Å². The number of halogens is 1. The standard InChI is InChI=1S/C15H23N3O3.ClH/c1-11-9-16-6-7-18(11)10-15(19)17-13-8-12(20-2)4-5-14(13)21-3;/h4-5,8,11,16H,6-7,9-10H2,1-3H3,(H,17,19);1H/t11-;/m1./s1. The molecule has 0 saturated carbocycles. The van der Waals surface area contributed by atoms with Crippen molar-refractivity contribution < 1.29 is 14.3 Å². The molecule has 0 aromatic heterocycles. The predicted octanol–water partition coefficient (Wildman–Crippen LogP) is 1.36. The third kappa shape index (κ3) is 4.76. The maximum Gasteiger partial charge on any atom is 0.238 e. The molecule has 1 atom stereocenters. The van der Waals surface area contributed by atoms with Crippen LogP contribution in [0.5, 0.6) is 11.5 Å². The zero-order chi connectivity index (χ0) is 15.2. The number of ether oxygens (including phenoxy) is 2. The zero-order valence-electron chi connectivity index (χ0n) is 13.2. The Morgan fingerprint density at radius 2 is 2.18 bits per heavy atom. The lowest BCUT2D eigenvalue weighted by atomic mass is 10.2. The van der Waals surface area contributed by atoms with Gasteiger partial charge >= 0.3 is 0 Å². The highest BCUT2D eigenvalue weighted by atomic mass is 35.5. The second kappa shape index (κ2) is 8.82. The number of amides is 1. The van der Waals surface area contributed by atoms with Crippen LogP contribution in [0.15, 0.2) is 18.2 Å². The van der Waals surface area contributed by atoms with E-state index >= 15 is 0 Å². The van der Waals surface area contributed by atoms with Gasteiger partial charge in [0.2, 0.25) is 5.91 Å². The first-order valence-electron chi connectivity index (χ1n) is 7.10. The summed E-state index contributed by atoms with van der Waals surface area (Å²) in [4.78, 5) is 14.4. The molecular weight excluding hydrogens is 306 g/mol. The van der Waals surface area contributed by atoms with Crippen LogP contribution in [0.25, 0.3) is 0 Å². The zero-order valence-corrected chi connectivity index (χ0v) is 14.0. The number of piperazine rings is 1. The maximum absolute atomic E-state index is 12.2. The normalized spacial score (nSPS) is 18.2. The third-order valence-corrected chi connectivity index (χ3v) is 3.67. The van der Waals surface area contributed by atoms with Crippen LogP contribution in [-0.4, -0.2) is 57.2 Å². The molecule has 124 valence electrons. The molecule has 1 aliphatic rings. The van der Waals surface area contributed by atoms with Gasteiger partial charge in [-0.1, -0.05) is 0 Å². The highest BCUT2D eigenvalue weighted by molar-refractivity contribution is 5.94. The number of carbonyl (C=O) groups is 1. The number of nitrogens with zero attached hydrogens (tertiary/aromatic N) is 1. The first kappa shape index (κ1) is 18.5. The van der Waals surface area contributed by atoms with Crippen LogP contribution in [-0.2, 0) is 4.79 Å². The van der Waals surface area contributed by atoms with Gasteiger partial charge in [0.15, 0.2) is 0 Å². The van der Waals surface area contributed by atoms with E-state index in [-0.39, 0.29) is 18.3 Å². The van der Waals surface area contributed by atoms with Crippen molar-refractivity contribution in [2.45, 2.75) is 13.0 Å². The van der Waals surface area contributed by atoms with Crippen LogP contribution < -0.4 is 20.1 Å². The van der Waals surface area contributed by atoms with E-state index in [1.54, 1.807) is 32.4 Å². The topological polar surface area (TPSA) is 62.8 Å². The Labute approximate surface area is 137 Å². The lowest BCUT2D eigenvalue weighted by molar-refractivity contribution is -0.118. The van der Waals surface area contributed by atoms with Crippen molar-refractivity contribution in [1.82, 2.24) is 10.2 Å². The van der Waals surface area contributed by atoms with Gasteiger partial charge in [0.05, 0.1) is 26.5 Å². The second-order valence-electron chi connectivity index (χ2n) is 5.14. The van der Waals surface area contributed by atoms with Crippen molar-refractivity contribution >= 4 is 24.0 Å². The summed E-state index contributed by atoms with van der Waals surface area (Å²) in [7, 11) is 3.17. The first-order chi connectivity index (χ1) is 10.1. The molecule has 1 aromatic carbocycles. The van der Waals surface area contributed by atoms with Crippen LogP contribution in [0.3, 0.4) is 0 Å².